The number of halogens is 2. The van der Waals surface area contributed by atoms with E-state index < -0.39 is 0 Å². The number of fused-ring (bicyclic) bond motifs is 1. The van der Waals surface area contributed by atoms with E-state index in [-0.39, 0.29) is 12.4 Å². The van der Waals surface area contributed by atoms with Crippen molar-refractivity contribution in [2.45, 2.75) is 37.3 Å². The lowest BCUT2D eigenvalue weighted by Crippen LogP contribution is -2.22. The van der Waals surface area contributed by atoms with Crippen LogP contribution < -0.4 is 10.1 Å². The summed E-state index contributed by atoms with van der Waals surface area (Å²) in [5, 5.41) is 4.67. The Morgan fingerprint density at radius 3 is 2.55 bits per heavy atom. The van der Waals surface area contributed by atoms with Crippen molar-refractivity contribution >= 4 is 24.0 Å². The lowest BCUT2D eigenvalue weighted by molar-refractivity contribution is 0.413. The van der Waals surface area contributed by atoms with Crippen molar-refractivity contribution in [3.05, 3.63) is 88.4 Å². The zero-order chi connectivity index (χ0) is 19.1. The Kier molecular flexibility index (Phi) is 5.87. The highest BCUT2D eigenvalue weighted by Gasteiger charge is 2.40. The van der Waals surface area contributed by atoms with E-state index in [2.05, 4.69) is 53.8 Å². The molecule has 1 saturated carbocycles. The van der Waals surface area contributed by atoms with Crippen molar-refractivity contribution < 1.29 is 4.74 Å². The molecule has 1 N–H and O–H groups in total. The van der Waals surface area contributed by atoms with Gasteiger partial charge in [-0.15, -0.1) is 12.4 Å². The Morgan fingerprint density at radius 1 is 0.966 bits per heavy atom. The molecule has 0 amide bonds. The minimum absolute atomic E-state index is 0. The highest BCUT2D eigenvalue weighted by molar-refractivity contribution is 6.30. The van der Waals surface area contributed by atoms with Gasteiger partial charge in [0.25, 0.3) is 0 Å². The number of ether oxygens (including phenoxy) is 1. The molecule has 150 valence electrons. The van der Waals surface area contributed by atoms with Gasteiger partial charge in [-0.2, -0.15) is 0 Å². The first-order chi connectivity index (χ1) is 13.7. The van der Waals surface area contributed by atoms with Gasteiger partial charge in [-0.1, -0.05) is 54.1 Å². The zero-order valence-corrected chi connectivity index (χ0v) is 18.0. The topological polar surface area (TPSA) is 21.3 Å². The lowest BCUT2D eigenvalue weighted by atomic mass is 10.0. The van der Waals surface area contributed by atoms with Crippen LogP contribution in [-0.4, -0.2) is 13.2 Å². The highest BCUT2D eigenvalue weighted by Crippen LogP contribution is 2.44. The largest absolute Gasteiger partial charge is 0.497 e. The Hall–Kier alpha value is -2.00. The molecule has 0 aliphatic heterocycles. The van der Waals surface area contributed by atoms with Crippen LogP contribution in [0.2, 0.25) is 5.02 Å². The molecule has 3 atom stereocenters. The number of methoxy groups -OCH3 is 1. The fraction of sp³-hybridized carbons (Fsp3) is 0.280. The zero-order valence-electron chi connectivity index (χ0n) is 16.4. The molecule has 0 radical (unpaired) electrons. The molecule has 0 saturated heterocycles. The molecule has 0 bridgehead atoms. The van der Waals surface area contributed by atoms with Crippen molar-refractivity contribution in [2.24, 2.45) is 0 Å². The predicted octanol–water partition coefficient (Wildman–Crippen LogP) is 6.57. The summed E-state index contributed by atoms with van der Waals surface area (Å²) in [7, 11) is 1.74. The number of aryl methyl sites for hydroxylation is 1. The van der Waals surface area contributed by atoms with Crippen LogP contribution in [0.5, 0.6) is 5.75 Å². The summed E-state index contributed by atoms with van der Waals surface area (Å²) in [4.78, 5) is 0. The van der Waals surface area contributed by atoms with Crippen LogP contribution >= 0.6 is 24.0 Å². The van der Waals surface area contributed by atoms with Gasteiger partial charge in [-0.3, -0.25) is 0 Å². The van der Waals surface area contributed by atoms with Crippen molar-refractivity contribution in [3.8, 4) is 16.9 Å². The third-order valence-corrected chi connectivity index (χ3v) is 6.37. The Morgan fingerprint density at radius 2 is 1.79 bits per heavy atom. The smallest absolute Gasteiger partial charge is 0.119 e. The Balaban J connectivity index is 0.00000205. The number of nitrogens with one attached hydrogen (secondary N) is 1. The van der Waals surface area contributed by atoms with Crippen LogP contribution in [0.15, 0.2) is 66.7 Å². The molecular formula is C25H25Cl2NO. The van der Waals surface area contributed by atoms with Crippen molar-refractivity contribution in [1.29, 1.82) is 0 Å². The Labute approximate surface area is 183 Å². The molecule has 5 rings (SSSR count). The maximum Gasteiger partial charge on any atom is 0.119 e. The van der Waals surface area contributed by atoms with E-state index in [9.17, 15) is 0 Å². The summed E-state index contributed by atoms with van der Waals surface area (Å²) < 4.78 is 5.42. The molecule has 29 heavy (non-hydrogen) atoms. The van der Waals surface area contributed by atoms with Crippen LogP contribution in [0.4, 0.5) is 0 Å². The fourth-order valence-corrected chi connectivity index (χ4v) is 4.67. The number of benzene rings is 3. The van der Waals surface area contributed by atoms with Crippen LogP contribution in [-0.2, 0) is 6.42 Å². The average Bonchev–Trinajstić information content (AvgIpc) is 3.39. The van der Waals surface area contributed by atoms with Gasteiger partial charge in [-0.05, 0) is 71.3 Å². The first kappa shape index (κ1) is 20.3. The molecule has 3 aromatic carbocycles. The van der Waals surface area contributed by atoms with E-state index in [1.807, 2.05) is 18.2 Å². The van der Waals surface area contributed by atoms with Gasteiger partial charge in [0.2, 0.25) is 0 Å². The fourth-order valence-electron chi connectivity index (χ4n) is 4.48. The van der Waals surface area contributed by atoms with Gasteiger partial charge in [0, 0.05) is 23.0 Å². The third kappa shape index (κ3) is 4.16. The standard InChI is InChI=1S/C25H24ClNO.ClH/c1-28-21-11-9-18-10-12-24(22(18)14-21)27-25-15-23(25)17-7-5-16(6-8-17)19-3-2-4-20(26)13-19;/h2-9,11,13-14,23-25,27H,10,12,15H2,1H3;1H/t23?,24?,25-;/m0./s1. The molecule has 3 aromatic rings. The van der Waals surface area contributed by atoms with E-state index in [4.69, 9.17) is 16.3 Å². The van der Waals surface area contributed by atoms with Gasteiger partial charge in [-0.25, -0.2) is 0 Å². The maximum atomic E-state index is 6.13. The van der Waals surface area contributed by atoms with Crippen LogP contribution in [0.1, 0.15) is 41.5 Å². The van der Waals surface area contributed by atoms with Gasteiger partial charge in [0.1, 0.15) is 5.75 Å². The molecule has 1 fully saturated rings. The van der Waals surface area contributed by atoms with Crippen LogP contribution in [0.3, 0.4) is 0 Å². The van der Waals surface area contributed by atoms with Gasteiger partial charge in [0.05, 0.1) is 7.11 Å². The molecule has 2 unspecified atom stereocenters. The molecule has 2 nitrogen and oxygen atoms in total. The number of rotatable bonds is 5. The average molecular weight is 426 g/mol. The first-order valence-corrected chi connectivity index (χ1v) is 10.4. The Bertz CT molecular complexity index is 1000. The van der Waals surface area contributed by atoms with Crippen molar-refractivity contribution in [1.82, 2.24) is 5.32 Å². The molecule has 4 heteroatoms. The monoisotopic (exact) mass is 425 g/mol. The summed E-state index contributed by atoms with van der Waals surface area (Å²) >= 11 is 6.13. The van der Waals surface area contributed by atoms with E-state index >= 15 is 0 Å². The second kappa shape index (κ2) is 8.39. The summed E-state index contributed by atoms with van der Waals surface area (Å²) in [6.45, 7) is 0. The van der Waals surface area contributed by atoms with Gasteiger partial charge < -0.3 is 10.1 Å². The minimum Gasteiger partial charge on any atom is -0.497 e. The molecule has 0 spiro atoms. The quantitative estimate of drug-likeness (QED) is 0.498. The second-order valence-corrected chi connectivity index (χ2v) is 8.34. The predicted molar refractivity (Wildman–Crippen MR) is 122 cm³/mol. The van der Waals surface area contributed by atoms with E-state index in [1.54, 1.807) is 7.11 Å². The summed E-state index contributed by atoms with van der Waals surface area (Å²) in [6, 6.07) is 24.5. The summed E-state index contributed by atoms with van der Waals surface area (Å²) in [5.74, 6) is 1.57. The second-order valence-electron chi connectivity index (χ2n) is 7.90. The highest BCUT2D eigenvalue weighted by atomic mass is 35.5. The normalized spacial score (nSPS) is 21.9. The summed E-state index contributed by atoms with van der Waals surface area (Å²) in [6.07, 6.45) is 3.55. The van der Waals surface area contributed by atoms with E-state index in [0.29, 0.717) is 18.0 Å². The molecule has 0 aromatic heterocycles. The van der Waals surface area contributed by atoms with Crippen LogP contribution in [0.25, 0.3) is 11.1 Å². The van der Waals surface area contributed by atoms with Crippen molar-refractivity contribution in [3.63, 3.8) is 0 Å². The van der Waals surface area contributed by atoms with E-state index in [0.717, 1.165) is 17.2 Å². The SMILES string of the molecule is COc1ccc2c(c1)C(N[C@H]1CC1c1ccc(-c3cccc(Cl)c3)cc1)CC2.Cl. The lowest BCUT2D eigenvalue weighted by Gasteiger charge is -2.15. The van der Waals surface area contributed by atoms with Crippen molar-refractivity contribution in [2.75, 3.05) is 7.11 Å². The summed E-state index contributed by atoms with van der Waals surface area (Å²) in [5.41, 5.74) is 6.68. The number of hydrogen-bond acceptors (Lipinski definition) is 2. The molecule has 0 heterocycles. The maximum absolute atomic E-state index is 6.13. The third-order valence-electron chi connectivity index (χ3n) is 6.13. The minimum atomic E-state index is 0. The number of hydrogen-bond donors (Lipinski definition) is 1. The first-order valence-electron chi connectivity index (χ1n) is 10.00. The van der Waals surface area contributed by atoms with Gasteiger partial charge in [0.15, 0.2) is 0 Å². The van der Waals surface area contributed by atoms with Crippen LogP contribution in [0, 0.1) is 0 Å². The molecule has 2 aliphatic rings. The van der Waals surface area contributed by atoms with Gasteiger partial charge >= 0.3 is 0 Å². The molecule has 2 aliphatic carbocycles. The van der Waals surface area contributed by atoms with E-state index in [1.165, 1.54) is 40.7 Å². The molecular weight excluding hydrogens is 401 g/mol.